The van der Waals surface area contributed by atoms with Gasteiger partial charge in [0.15, 0.2) is 0 Å². The average Bonchev–Trinajstić information content (AvgIpc) is 3.26. The van der Waals surface area contributed by atoms with Crippen molar-refractivity contribution in [3.8, 4) is 0 Å². The van der Waals surface area contributed by atoms with Crippen LogP contribution in [-0.4, -0.2) is 33.3 Å². The highest BCUT2D eigenvalue weighted by molar-refractivity contribution is 6.04. The molecule has 1 aliphatic heterocycles. The quantitative estimate of drug-likeness (QED) is 0.797. The number of ether oxygens (including phenoxy) is 1. The van der Waals surface area contributed by atoms with Crippen LogP contribution in [0.1, 0.15) is 34.3 Å². The molecule has 4 rings (SSSR count). The van der Waals surface area contributed by atoms with Crippen molar-refractivity contribution >= 4 is 16.9 Å². The molecule has 3 aromatic rings. The maximum absolute atomic E-state index is 12.7. The van der Waals surface area contributed by atoms with Crippen LogP contribution < -0.4 is 5.32 Å². The third-order valence-electron chi connectivity index (χ3n) is 4.36. The van der Waals surface area contributed by atoms with E-state index in [0.29, 0.717) is 23.3 Å². The second-order valence-corrected chi connectivity index (χ2v) is 6.00. The van der Waals surface area contributed by atoms with E-state index < -0.39 is 0 Å². The Balaban J connectivity index is 1.59. The number of nitrogens with zero attached hydrogens (tertiary/aromatic N) is 3. The number of hydrogen-bond acceptors (Lipinski definition) is 5. The number of carbonyl (C=O) groups is 1. The number of rotatable bonds is 3. The number of furan rings is 1. The van der Waals surface area contributed by atoms with Gasteiger partial charge in [-0.15, -0.1) is 0 Å². The SMILES string of the molecule is Cc1nn(C)cc1[C@@H]1OCC[C@H]1NC(=O)c1nccc2occc12. The smallest absolute Gasteiger partial charge is 0.270 e. The molecule has 0 radical (unpaired) electrons. The van der Waals surface area contributed by atoms with Crippen molar-refractivity contribution < 1.29 is 13.9 Å². The summed E-state index contributed by atoms with van der Waals surface area (Å²) in [5, 5.41) is 8.13. The van der Waals surface area contributed by atoms with Crippen LogP contribution in [0.2, 0.25) is 0 Å². The van der Waals surface area contributed by atoms with Gasteiger partial charge in [-0.25, -0.2) is 0 Å². The largest absolute Gasteiger partial charge is 0.464 e. The fourth-order valence-electron chi connectivity index (χ4n) is 3.25. The number of amides is 1. The summed E-state index contributed by atoms with van der Waals surface area (Å²) in [6, 6.07) is 3.39. The van der Waals surface area contributed by atoms with Crippen LogP contribution in [0, 0.1) is 6.92 Å². The molecule has 4 heterocycles. The molecule has 0 unspecified atom stereocenters. The van der Waals surface area contributed by atoms with E-state index in [1.165, 1.54) is 0 Å². The fourth-order valence-corrected chi connectivity index (χ4v) is 3.25. The molecule has 1 N–H and O–H groups in total. The Morgan fingerprint density at radius 2 is 2.29 bits per heavy atom. The predicted molar refractivity (Wildman–Crippen MR) is 86.5 cm³/mol. The Morgan fingerprint density at radius 3 is 3.08 bits per heavy atom. The van der Waals surface area contributed by atoms with Crippen molar-refractivity contribution in [2.45, 2.75) is 25.5 Å². The summed E-state index contributed by atoms with van der Waals surface area (Å²) in [7, 11) is 1.88. The lowest BCUT2D eigenvalue weighted by atomic mass is 10.0. The molecule has 1 aliphatic rings. The predicted octanol–water partition coefficient (Wildman–Crippen LogP) is 2.13. The summed E-state index contributed by atoms with van der Waals surface area (Å²) in [4.78, 5) is 16.9. The summed E-state index contributed by atoms with van der Waals surface area (Å²) in [6.45, 7) is 2.55. The highest BCUT2D eigenvalue weighted by Crippen LogP contribution is 2.31. The molecular formula is C17H18N4O3. The van der Waals surface area contributed by atoms with Gasteiger partial charge >= 0.3 is 0 Å². The molecule has 24 heavy (non-hydrogen) atoms. The number of aromatic nitrogens is 3. The summed E-state index contributed by atoms with van der Waals surface area (Å²) >= 11 is 0. The van der Waals surface area contributed by atoms with Crippen molar-refractivity contribution in [1.29, 1.82) is 0 Å². The number of carbonyl (C=O) groups excluding carboxylic acids is 1. The standard InChI is InChI=1S/C17H18N4O3/c1-10-12(9-21(2)20-10)16-13(5-8-24-16)19-17(22)15-11-4-7-23-14(11)3-6-18-15/h3-4,6-7,9,13,16H,5,8H2,1-2H3,(H,19,22)/t13-,16+/m1/s1. The molecule has 124 valence electrons. The highest BCUT2D eigenvalue weighted by Gasteiger charge is 2.33. The van der Waals surface area contributed by atoms with Crippen molar-refractivity contribution in [2.75, 3.05) is 6.61 Å². The van der Waals surface area contributed by atoms with Gasteiger partial charge in [0.1, 0.15) is 17.4 Å². The second kappa shape index (κ2) is 5.76. The van der Waals surface area contributed by atoms with E-state index >= 15 is 0 Å². The van der Waals surface area contributed by atoms with Crippen LogP contribution in [-0.2, 0) is 11.8 Å². The van der Waals surface area contributed by atoms with E-state index in [1.807, 2.05) is 20.2 Å². The van der Waals surface area contributed by atoms with Crippen LogP contribution in [0.4, 0.5) is 0 Å². The molecule has 0 aromatic carbocycles. The van der Waals surface area contributed by atoms with Crippen molar-refractivity contribution in [1.82, 2.24) is 20.1 Å². The third kappa shape index (κ3) is 2.46. The van der Waals surface area contributed by atoms with E-state index in [-0.39, 0.29) is 18.1 Å². The zero-order chi connectivity index (χ0) is 16.7. The minimum absolute atomic E-state index is 0.107. The highest BCUT2D eigenvalue weighted by atomic mass is 16.5. The Bertz CT molecular complexity index is 898. The van der Waals surface area contributed by atoms with Gasteiger partial charge in [-0.2, -0.15) is 5.10 Å². The zero-order valence-electron chi connectivity index (χ0n) is 13.5. The van der Waals surface area contributed by atoms with Gasteiger partial charge in [0, 0.05) is 31.6 Å². The molecule has 3 aromatic heterocycles. The molecule has 0 spiro atoms. The lowest BCUT2D eigenvalue weighted by Crippen LogP contribution is -2.37. The summed E-state index contributed by atoms with van der Waals surface area (Å²) in [5.74, 6) is -0.218. The molecule has 0 aliphatic carbocycles. The number of fused-ring (bicyclic) bond motifs is 1. The molecule has 1 amide bonds. The van der Waals surface area contributed by atoms with Crippen molar-refractivity contribution in [3.05, 3.63) is 47.7 Å². The van der Waals surface area contributed by atoms with Crippen LogP contribution >= 0.6 is 0 Å². The Morgan fingerprint density at radius 1 is 1.42 bits per heavy atom. The number of nitrogens with one attached hydrogen (secondary N) is 1. The topological polar surface area (TPSA) is 82.2 Å². The molecule has 0 saturated carbocycles. The van der Waals surface area contributed by atoms with Gasteiger partial charge in [0.2, 0.25) is 0 Å². The van der Waals surface area contributed by atoms with Gasteiger partial charge in [-0.3, -0.25) is 14.5 Å². The molecule has 2 atom stereocenters. The fraction of sp³-hybridized carbons (Fsp3) is 0.353. The lowest BCUT2D eigenvalue weighted by molar-refractivity contribution is 0.0817. The zero-order valence-corrected chi connectivity index (χ0v) is 13.5. The van der Waals surface area contributed by atoms with Gasteiger partial charge in [0.05, 0.1) is 23.4 Å². The minimum Gasteiger partial charge on any atom is -0.464 e. The number of aryl methyl sites for hydroxylation is 2. The first-order valence-electron chi connectivity index (χ1n) is 7.88. The minimum atomic E-state index is -0.218. The Kier molecular flexibility index (Phi) is 3.57. The first-order chi connectivity index (χ1) is 11.6. The van der Waals surface area contributed by atoms with Crippen LogP contribution in [0.15, 0.2) is 35.2 Å². The van der Waals surface area contributed by atoms with E-state index in [9.17, 15) is 4.79 Å². The Labute approximate surface area is 138 Å². The van der Waals surface area contributed by atoms with Crippen LogP contribution in [0.3, 0.4) is 0 Å². The third-order valence-corrected chi connectivity index (χ3v) is 4.36. The normalized spacial score (nSPS) is 20.6. The monoisotopic (exact) mass is 326 g/mol. The number of pyridine rings is 1. The summed E-state index contributed by atoms with van der Waals surface area (Å²) in [6.07, 6.45) is 5.65. The maximum Gasteiger partial charge on any atom is 0.270 e. The molecular weight excluding hydrogens is 308 g/mol. The number of hydrogen-bond donors (Lipinski definition) is 1. The van der Waals surface area contributed by atoms with Gasteiger partial charge < -0.3 is 14.5 Å². The van der Waals surface area contributed by atoms with Gasteiger partial charge in [-0.05, 0) is 25.5 Å². The summed E-state index contributed by atoms with van der Waals surface area (Å²) in [5.41, 5.74) is 2.95. The van der Waals surface area contributed by atoms with Gasteiger partial charge in [-0.1, -0.05) is 0 Å². The van der Waals surface area contributed by atoms with Gasteiger partial charge in [0.25, 0.3) is 5.91 Å². The van der Waals surface area contributed by atoms with E-state index in [1.54, 1.807) is 29.3 Å². The van der Waals surface area contributed by atoms with E-state index in [2.05, 4.69) is 15.4 Å². The molecule has 0 bridgehead atoms. The second-order valence-electron chi connectivity index (χ2n) is 6.00. The first kappa shape index (κ1) is 14.9. The van der Waals surface area contributed by atoms with Crippen LogP contribution in [0.25, 0.3) is 11.0 Å². The summed E-state index contributed by atoms with van der Waals surface area (Å²) < 4.78 is 12.9. The lowest BCUT2D eigenvalue weighted by Gasteiger charge is -2.19. The Hall–Kier alpha value is -2.67. The average molecular weight is 326 g/mol. The molecule has 7 heteroatoms. The molecule has 1 saturated heterocycles. The maximum atomic E-state index is 12.7. The van der Waals surface area contributed by atoms with E-state index in [0.717, 1.165) is 17.7 Å². The molecule has 1 fully saturated rings. The first-order valence-corrected chi connectivity index (χ1v) is 7.88. The molecule has 7 nitrogen and oxygen atoms in total. The van der Waals surface area contributed by atoms with Crippen molar-refractivity contribution in [2.24, 2.45) is 7.05 Å². The van der Waals surface area contributed by atoms with Crippen molar-refractivity contribution in [3.63, 3.8) is 0 Å². The van der Waals surface area contributed by atoms with Crippen LogP contribution in [0.5, 0.6) is 0 Å². The van der Waals surface area contributed by atoms with E-state index in [4.69, 9.17) is 9.15 Å².